The molecule has 0 N–H and O–H groups in total. The quantitative estimate of drug-likeness (QED) is 0.539. The molecule has 0 fully saturated rings. The van der Waals surface area contributed by atoms with Gasteiger partial charge in [-0.2, -0.15) is 0 Å². The molecule has 0 bridgehead atoms. The van der Waals surface area contributed by atoms with Crippen molar-refractivity contribution in [3.05, 3.63) is 30.9 Å². The van der Waals surface area contributed by atoms with Crippen LogP contribution in [0.5, 0.6) is 0 Å². The van der Waals surface area contributed by atoms with Gasteiger partial charge in [-0.25, -0.2) is 9.97 Å². The van der Waals surface area contributed by atoms with Crippen LogP contribution in [0, 0.1) is 6.33 Å². The van der Waals surface area contributed by atoms with E-state index in [4.69, 9.17) is 0 Å². The van der Waals surface area contributed by atoms with E-state index in [0.29, 0.717) is 0 Å². The average Bonchev–Trinajstić information content (AvgIpc) is 2.56. The van der Waals surface area contributed by atoms with Crippen LogP contribution in [0.15, 0.2) is 24.5 Å². The number of pyridine rings is 1. The second kappa shape index (κ2) is 2.47. The lowest BCUT2D eigenvalue weighted by Crippen LogP contribution is -1.77. The molecule has 3 aromatic heterocycles. The summed E-state index contributed by atoms with van der Waals surface area (Å²) in [6, 6.07) is 3.96. The van der Waals surface area contributed by atoms with Crippen molar-refractivity contribution in [3.63, 3.8) is 0 Å². The minimum absolute atomic E-state index is 0.899. The van der Waals surface area contributed by atoms with Gasteiger partial charge in [-0.1, -0.05) is 0 Å². The van der Waals surface area contributed by atoms with Gasteiger partial charge in [0.2, 0.25) is 0 Å². The zero-order valence-electron chi connectivity index (χ0n) is 6.56. The molecule has 3 nitrogen and oxygen atoms in total. The number of rotatable bonds is 0. The Morgan fingerprint density at radius 2 is 2.23 bits per heavy atom. The van der Waals surface area contributed by atoms with Gasteiger partial charge in [0, 0.05) is 12.4 Å². The molecule has 3 heterocycles. The van der Waals surface area contributed by atoms with E-state index in [9.17, 15) is 0 Å². The Kier molecular flexibility index (Phi) is 1.31. The van der Waals surface area contributed by atoms with E-state index in [0.717, 1.165) is 20.4 Å². The van der Waals surface area contributed by atoms with E-state index >= 15 is 0 Å². The van der Waals surface area contributed by atoms with Gasteiger partial charge in [0.25, 0.3) is 0 Å². The Bertz CT molecular complexity index is 523. The lowest BCUT2D eigenvalue weighted by Gasteiger charge is -1.85. The van der Waals surface area contributed by atoms with Gasteiger partial charge >= 0.3 is 0 Å². The first-order valence-corrected chi connectivity index (χ1v) is 4.63. The Hall–Kier alpha value is -1.55. The van der Waals surface area contributed by atoms with Crippen LogP contribution in [-0.2, 0) is 0 Å². The Labute approximate surface area is 78.1 Å². The molecule has 1 radical (unpaired) electrons. The highest BCUT2D eigenvalue weighted by atomic mass is 32.1. The number of hydrogen-bond donors (Lipinski definition) is 0. The topological polar surface area (TPSA) is 38.7 Å². The molecule has 0 atom stereocenters. The van der Waals surface area contributed by atoms with Gasteiger partial charge in [0.15, 0.2) is 6.33 Å². The average molecular weight is 186 g/mol. The number of thiophene rings is 1. The Morgan fingerprint density at radius 1 is 1.23 bits per heavy atom. The molecule has 0 saturated heterocycles. The third-order valence-corrected chi connectivity index (χ3v) is 2.92. The molecule has 0 aliphatic carbocycles. The maximum absolute atomic E-state index is 4.27. The van der Waals surface area contributed by atoms with Crippen molar-refractivity contribution in [1.82, 2.24) is 15.0 Å². The molecule has 0 amide bonds. The van der Waals surface area contributed by atoms with Crippen LogP contribution in [0.1, 0.15) is 0 Å². The highest BCUT2D eigenvalue weighted by molar-refractivity contribution is 7.25. The summed E-state index contributed by atoms with van der Waals surface area (Å²) in [5.41, 5.74) is 1.84. The Balaban J connectivity index is 2.64. The number of hydrogen-bond acceptors (Lipinski definition) is 4. The van der Waals surface area contributed by atoms with Crippen LogP contribution < -0.4 is 0 Å². The first kappa shape index (κ1) is 6.91. The van der Waals surface area contributed by atoms with Crippen LogP contribution >= 0.6 is 11.3 Å². The number of nitrogens with zero attached hydrogens (tertiary/aromatic N) is 3. The zero-order valence-corrected chi connectivity index (χ0v) is 7.38. The molecule has 0 aliphatic heterocycles. The summed E-state index contributed by atoms with van der Waals surface area (Å²) in [5.74, 6) is 0. The lowest BCUT2D eigenvalue weighted by molar-refractivity contribution is 1.21. The molecule has 13 heavy (non-hydrogen) atoms. The first-order chi connectivity index (χ1) is 6.45. The van der Waals surface area contributed by atoms with Crippen LogP contribution in [0.3, 0.4) is 0 Å². The predicted octanol–water partition coefficient (Wildman–Crippen LogP) is 2.04. The van der Waals surface area contributed by atoms with Gasteiger partial charge in [-0.15, -0.1) is 11.3 Å². The first-order valence-electron chi connectivity index (χ1n) is 3.81. The number of fused-ring (bicyclic) bond motifs is 3. The second-order valence-corrected chi connectivity index (χ2v) is 3.72. The summed E-state index contributed by atoms with van der Waals surface area (Å²) < 4.78 is 2.21. The van der Waals surface area contributed by atoms with E-state index in [2.05, 4.69) is 21.3 Å². The van der Waals surface area contributed by atoms with E-state index in [1.54, 1.807) is 23.7 Å². The van der Waals surface area contributed by atoms with Gasteiger partial charge in [-0.05, 0) is 12.1 Å². The molecule has 0 spiro atoms. The third kappa shape index (κ3) is 0.922. The second-order valence-electron chi connectivity index (χ2n) is 2.64. The van der Waals surface area contributed by atoms with Crippen LogP contribution in [0.25, 0.3) is 20.4 Å². The maximum Gasteiger partial charge on any atom is 0.198 e. The monoisotopic (exact) mass is 186 g/mol. The summed E-state index contributed by atoms with van der Waals surface area (Å²) in [7, 11) is 0. The third-order valence-electron chi connectivity index (χ3n) is 1.85. The van der Waals surface area contributed by atoms with Gasteiger partial charge in [-0.3, -0.25) is 4.98 Å². The fourth-order valence-electron chi connectivity index (χ4n) is 1.30. The fourth-order valence-corrected chi connectivity index (χ4v) is 2.27. The molecule has 4 heteroatoms. The molecule has 61 valence electrons. The van der Waals surface area contributed by atoms with E-state index < -0.39 is 0 Å². The van der Waals surface area contributed by atoms with Crippen molar-refractivity contribution in [3.8, 4) is 0 Å². The largest absolute Gasteiger partial charge is 0.253 e. The standard InChI is InChI=1S/C9H4N3S/c1-2-6-8(11-3-1)9-7(13-6)4-10-5-12-9/h1-4H. The van der Waals surface area contributed by atoms with E-state index in [-0.39, 0.29) is 0 Å². The van der Waals surface area contributed by atoms with Crippen LogP contribution in [0.4, 0.5) is 0 Å². The summed E-state index contributed by atoms with van der Waals surface area (Å²) >= 11 is 1.65. The predicted molar refractivity (Wildman–Crippen MR) is 51.6 cm³/mol. The minimum atomic E-state index is 0.899. The van der Waals surface area contributed by atoms with Crippen molar-refractivity contribution in [1.29, 1.82) is 0 Å². The summed E-state index contributed by atoms with van der Waals surface area (Å²) in [6.45, 7) is 0. The van der Waals surface area contributed by atoms with Crippen LogP contribution in [-0.4, -0.2) is 15.0 Å². The van der Waals surface area contributed by atoms with Crippen molar-refractivity contribution in [2.45, 2.75) is 0 Å². The SMILES string of the molecule is [c]1ncc2sc3cccnc3c2n1. The van der Waals surface area contributed by atoms with Crippen LogP contribution in [0.2, 0.25) is 0 Å². The zero-order chi connectivity index (χ0) is 8.67. The molecule has 0 unspecified atom stereocenters. The molecule has 3 aromatic rings. The van der Waals surface area contributed by atoms with Crippen molar-refractivity contribution < 1.29 is 0 Å². The molecule has 0 aliphatic rings. The molecule has 0 aromatic carbocycles. The minimum Gasteiger partial charge on any atom is -0.253 e. The fraction of sp³-hybridized carbons (Fsp3) is 0. The molecule has 3 rings (SSSR count). The lowest BCUT2D eigenvalue weighted by atomic mass is 10.3. The van der Waals surface area contributed by atoms with E-state index in [1.807, 2.05) is 12.1 Å². The maximum atomic E-state index is 4.27. The normalized spacial score (nSPS) is 11.1. The highest BCUT2D eigenvalue weighted by Crippen LogP contribution is 2.29. The van der Waals surface area contributed by atoms with Gasteiger partial charge in [0.1, 0.15) is 11.0 Å². The van der Waals surface area contributed by atoms with Crippen molar-refractivity contribution in [2.75, 3.05) is 0 Å². The van der Waals surface area contributed by atoms with Crippen molar-refractivity contribution >= 4 is 31.8 Å². The summed E-state index contributed by atoms with van der Waals surface area (Å²) in [5, 5.41) is 0. The highest BCUT2D eigenvalue weighted by Gasteiger charge is 2.05. The summed E-state index contributed by atoms with van der Waals surface area (Å²) in [6.07, 6.45) is 6.13. The molecular weight excluding hydrogens is 182 g/mol. The number of aromatic nitrogens is 3. The smallest absolute Gasteiger partial charge is 0.198 e. The van der Waals surface area contributed by atoms with Crippen molar-refractivity contribution in [2.24, 2.45) is 0 Å². The van der Waals surface area contributed by atoms with Gasteiger partial charge < -0.3 is 0 Å². The van der Waals surface area contributed by atoms with E-state index in [1.165, 1.54) is 0 Å². The van der Waals surface area contributed by atoms with Gasteiger partial charge in [0.05, 0.1) is 9.40 Å². The summed E-state index contributed by atoms with van der Waals surface area (Å²) in [4.78, 5) is 12.2. The Morgan fingerprint density at radius 3 is 3.23 bits per heavy atom. The molecule has 0 saturated carbocycles. The molecular formula is C9H4N3S.